The molecule has 1 saturated heterocycles. The second-order valence-electron chi connectivity index (χ2n) is 11.7. The van der Waals surface area contributed by atoms with E-state index in [1.54, 1.807) is 16.8 Å². The van der Waals surface area contributed by atoms with Crippen molar-refractivity contribution in [1.82, 2.24) is 15.1 Å². The van der Waals surface area contributed by atoms with Crippen molar-refractivity contribution < 1.29 is 18.7 Å². The van der Waals surface area contributed by atoms with E-state index in [4.69, 9.17) is 9.84 Å². The predicted molar refractivity (Wildman–Crippen MR) is 157 cm³/mol. The zero-order valence-corrected chi connectivity index (χ0v) is 24.6. The second-order valence-corrected chi connectivity index (χ2v) is 12.8. The first-order valence-electron chi connectivity index (χ1n) is 13.8. The second kappa shape index (κ2) is 11.4. The molecule has 0 unspecified atom stereocenters. The minimum Gasteiger partial charge on any atom is -0.376 e. The lowest BCUT2D eigenvalue weighted by Crippen LogP contribution is -2.44. The van der Waals surface area contributed by atoms with Gasteiger partial charge in [-0.15, -0.1) is 11.8 Å². The Balaban J connectivity index is 1.68. The molecular weight excluding hydrogens is 527 g/mol. The van der Waals surface area contributed by atoms with Crippen molar-refractivity contribution in [3.05, 3.63) is 76.2 Å². The zero-order valence-electron chi connectivity index (χ0n) is 23.8. The molecule has 2 aromatic carbocycles. The molecule has 5 rings (SSSR count). The number of hydrogen-bond acceptors (Lipinski definition) is 5. The lowest BCUT2D eigenvalue weighted by atomic mass is 9.87. The van der Waals surface area contributed by atoms with Gasteiger partial charge in [-0.1, -0.05) is 56.7 Å². The monoisotopic (exact) mass is 564 g/mol. The van der Waals surface area contributed by atoms with Gasteiger partial charge in [0.25, 0.3) is 0 Å². The summed E-state index contributed by atoms with van der Waals surface area (Å²) < 4.78 is 22.7. The summed E-state index contributed by atoms with van der Waals surface area (Å²) in [5, 5.41) is 7.59. The zero-order chi connectivity index (χ0) is 28.6. The number of rotatable bonds is 6. The number of benzene rings is 2. The SMILES string of the molecule is Cc1ccc(-n2nc(C(C)(C)C)c3c2N(CC(=O)NC[C@@H]2CCCO2)C(=O)CS[C@H]3c2ccccc2F)c(C)c1. The molecule has 1 aromatic heterocycles. The minimum atomic E-state index is -0.478. The first-order chi connectivity index (χ1) is 19.0. The predicted octanol–water partition coefficient (Wildman–Crippen LogP) is 5.39. The number of carbonyl (C=O) groups is 2. The summed E-state index contributed by atoms with van der Waals surface area (Å²) in [4.78, 5) is 28.6. The topological polar surface area (TPSA) is 76.5 Å². The van der Waals surface area contributed by atoms with Crippen LogP contribution in [0.1, 0.15) is 66.8 Å². The summed E-state index contributed by atoms with van der Waals surface area (Å²) in [6.07, 6.45) is 1.88. The lowest BCUT2D eigenvalue weighted by Gasteiger charge is -2.25. The van der Waals surface area contributed by atoms with Crippen molar-refractivity contribution >= 4 is 29.4 Å². The summed E-state index contributed by atoms with van der Waals surface area (Å²) in [5.41, 5.74) is 4.52. The van der Waals surface area contributed by atoms with Crippen LogP contribution in [0.2, 0.25) is 0 Å². The van der Waals surface area contributed by atoms with E-state index in [1.807, 2.05) is 32.0 Å². The molecule has 2 amide bonds. The highest BCUT2D eigenvalue weighted by Crippen LogP contribution is 2.49. The van der Waals surface area contributed by atoms with Crippen molar-refractivity contribution in [1.29, 1.82) is 0 Å². The third-order valence-corrected chi connectivity index (χ3v) is 8.66. The molecule has 40 heavy (non-hydrogen) atoms. The Morgan fingerprint density at radius 3 is 2.65 bits per heavy atom. The van der Waals surface area contributed by atoms with Crippen LogP contribution in [-0.4, -0.2) is 53.1 Å². The number of halogens is 1. The van der Waals surface area contributed by atoms with Gasteiger partial charge in [-0.25, -0.2) is 9.07 Å². The van der Waals surface area contributed by atoms with Crippen LogP contribution in [0.5, 0.6) is 0 Å². The van der Waals surface area contributed by atoms with Crippen LogP contribution in [0, 0.1) is 19.7 Å². The molecule has 0 spiro atoms. The van der Waals surface area contributed by atoms with E-state index in [1.165, 1.54) is 22.7 Å². The van der Waals surface area contributed by atoms with Crippen molar-refractivity contribution in [2.45, 2.75) is 64.2 Å². The fraction of sp³-hybridized carbons (Fsp3) is 0.452. The molecule has 212 valence electrons. The summed E-state index contributed by atoms with van der Waals surface area (Å²) in [5.74, 6) is -0.199. The van der Waals surface area contributed by atoms with Crippen LogP contribution in [0.25, 0.3) is 5.69 Å². The first-order valence-corrected chi connectivity index (χ1v) is 14.8. The number of nitrogens with zero attached hydrogens (tertiary/aromatic N) is 3. The average molecular weight is 565 g/mol. The molecule has 9 heteroatoms. The molecule has 2 aliphatic heterocycles. The maximum absolute atomic E-state index is 15.3. The van der Waals surface area contributed by atoms with Gasteiger partial charge in [0.05, 0.1) is 28.5 Å². The van der Waals surface area contributed by atoms with Gasteiger partial charge < -0.3 is 10.1 Å². The Kier molecular flexibility index (Phi) is 8.06. The standard InChI is InChI=1S/C31H37FN4O3S/c1-19-12-13-24(20(2)15-19)36-30-27(29(34-36)31(3,4)5)28(22-10-6-7-11-23(22)32)40-18-26(38)35(30)17-25(37)33-16-21-9-8-14-39-21/h6-7,10-13,15,21,28H,8-9,14,16-18H2,1-5H3,(H,33,37)/t21-,28-/m0/s1. The Bertz CT molecular complexity index is 1420. The number of anilines is 1. The minimum absolute atomic E-state index is 0.00596. The molecule has 1 N–H and O–H groups in total. The Morgan fingerprint density at radius 1 is 1.20 bits per heavy atom. The molecule has 0 aliphatic carbocycles. The van der Waals surface area contributed by atoms with Crippen LogP contribution in [0.15, 0.2) is 42.5 Å². The normalized spacial score (nSPS) is 19.4. The number of thioether (sulfide) groups is 1. The molecule has 3 heterocycles. The third kappa shape index (κ3) is 5.67. The van der Waals surface area contributed by atoms with E-state index < -0.39 is 10.7 Å². The molecular formula is C31H37FN4O3S. The molecule has 0 saturated carbocycles. The quantitative estimate of drug-likeness (QED) is 0.435. The van der Waals surface area contributed by atoms with E-state index in [0.717, 1.165) is 40.9 Å². The molecule has 3 aromatic rings. The maximum Gasteiger partial charge on any atom is 0.240 e. The Labute approximate surface area is 239 Å². The summed E-state index contributed by atoms with van der Waals surface area (Å²) in [6.45, 7) is 11.2. The van der Waals surface area contributed by atoms with Crippen molar-refractivity contribution in [2.24, 2.45) is 0 Å². The summed E-state index contributed by atoms with van der Waals surface area (Å²) in [7, 11) is 0. The summed E-state index contributed by atoms with van der Waals surface area (Å²) in [6, 6.07) is 12.8. The molecule has 0 bridgehead atoms. The van der Waals surface area contributed by atoms with Crippen LogP contribution in [0.4, 0.5) is 10.2 Å². The van der Waals surface area contributed by atoms with Crippen molar-refractivity contribution in [2.75, 3.05) is 30.3 Å². The number of aryl methyl sites for hydroxylation is 2. The number of nitrogens with one attached hydrogen (secondary N) is 1. The summed E-state index contributed by atoms with van der Waals surface area (Å²) >= 11 is 1.38. The van der Waals surface area contributed by atoms with Crippen LogP contribution in [-0.2, 0) is 19.7 Å². The Morgan fingerprint density at radius 2 is 1.98 bits per heavy atom. The number of fused-ring (bicyclic) bond motifs is 1. The number of aromatic nitrogens is 2. The third-order valence-electron chi connectivity index (χ3n) is 7.42. The number of carbonyl (C=O) groups excluding carboxylic acids is 2. The highest BCUT2D eigenvalue weighted by atomic mass is 32.2. The van der Waals surface area contributed by atoms with E-state index in [9.17, 15) is 9.59 Å². The Hall–Kier alpha value is -3.17. The molecule has 2 aliphatic rings. The lowest BCUT2D eigenvalue weighted by molar-refractivity contribution is -0.123. The smallest absolute Gasteiger partial charge is 0.240 e. The van der Waals surface area contributed by atoms with Gasteiger partial charge in [-0.2, -0.15) is 5.10 Å². The van der Waals surface area contributed by atoms with Crippen LogP contribution < -0.4 is 10.2 Å². The van der Waals surface area contributed by atoms with Crippen LogP contribution in [0.3, 0.4) is 0 Å². The molecule has 0 radical (unpaired) electrons. The van der Waals surface area contributed by atoms with E-state index in [-0.39, 0.29) is 36.0 Å². The van der Waals surface area contributed by atoms with Crippen LogP contribution >= 0.6 is 11.8 Å². The van der Waals surface area contributed by atoms with Gasteiger partial charge in [0, 0.05) is 29.7 Å². The maximum atomic E-state index is 15.3. The van der Waals surface area contributed by atoms with Crippen molar-refractivity contribution in [3.8, 4) is 5.69 Å². The van der Waals surface area contributed by atoms with Gasteiger partial charge in [-0.05, 0) is 44.4 Å². The van der Waals surface area contributed by atoms with Gasteiger partial charge in [-0.3, -0.25) is 14.5 Å². The average Bonchev–Trinajstić information content (AvgIpc) is 3.53. The first kappa shape index (κ1) is 28.4. The van der Waals surface area contributed by atoms with Gasteiger partial charge in [0.1, 0.15) is 18.2 Å². The van der Waals surface area contributed by atoms with Crippen molar-refractivity contribution in [3.63, 3.8) is 0 Å². The number of ether oxygens (including phenoxy) is 1. The molecule has 7 nitrogen and oxygen atoms in total. The van der Waals surface area contributed by atoms with Gasteiger partial charge in [0.15, 0.2) is 0 Å². The number of hydrogen-bond donors (Lipinski definition) is 1. The highest BCUT2D eigenvalue weighted by molar-refractivity contribution is 8.00. The largest absolute Gasteiger partial charge is 0.376 e. The van der Waals surface area contributed by atoms with Gasteiger partial charge >= 0.3 is 0 Å². The number of amides is 2. The van der Waals surface area contributed by atoms with E-state index in [0.29, 0.717) is 24.5 Å². The molecule has 2 atom stereocenters. The van der Waals surface area contributed by atoms with Gasteiger partial charge in [0.2, 0.25) is 11.8 Å². The highest BCUT2D eigenvalue weighted by Gasteiger charge is 2.40. The fourth-order valence-corrected chi connectivity index (χ4v) is 6.67. The molecule has 1 fully saturated rings. The van der Waals surface area contributed by atoms with E-state index >= 15 is 4.39 Å². The van der Waals surface area contributed by atoms with E-state index in [2.05, 4.69) is 32.2 Å². The fourth-order valence-electron chi connectivity index (χ4n) is 5.45.